The Balaban J connectivity index is 1.30. The molecule has 9 atom stereocenters. The van der Waals surface area contributed by atoms with Gasteiger partial charge in [0, 0.05) is 83.5 Å². The van der Waals surface area contributed by atoms with Crippen LogP contribution in [0.5, 0.6) is 0 Å². The summed E-state index contributed by atoms with van der Waals surface area (Å²) in [4.78, 5) is 132. The Bertz CT molecular complexity index is 2520. The number of ether oxygens (including phenoxy) is 2. The fourth-order valence-corrected chi connectivity index (χ4v) is 9.92. The van der Waals surface area contributed by atoms with E-state index in [0.717, 1.165) is 48.1 Å². The number of imide groups is 1. The molecule has 0 spiro atoms. The molecule has 2 aliphatic heterocycles. The number of benzene rings is 2. The number of carbonyl (C=O) groups is 10. The van der Waals surface area contributed by atoms with E-state index in [1.807, 2.05) is 37.3 Å². The number of unbranched alkanes of at least 4 members (excludes halogenated alkanes) is 5. The molecule has 0 radical (unpaired) electrons. The van der Waals surface area contributed by atoms with Crippen molar-refractivity contribution in [1.82, 2.24) is 41.7 Å². The van der Waals surface area contributed by atoms with Crippen LogP contribution in [0.2, 0.25) is 0 Å². The number of hydrogen-bond donors (Lipinski definition) is 10. The molecule has 85 heavy (non-hydrogen) atoms. The number of anilines is 1. The number of nitrogens with one attached hydrogen (secondary N) is 7. The van der Waals surface area contributed by atoms with Gasteiger partial charge in [-0.2, -0.15) is 0 Å². The molecule has 1 fully saturated rings. The standard InChI is InChI=1S/C61H92N10O14/c1-7-9-10-16-23-51(74)70(33-8-2)38-48(84-6)40(5)57(79)68-45(35-42-19-13-11-14-20-42)58(80)63-32-30-41-24-26-43(27-25-41)66-59(81)44(21-18-31-64-61(62)83)67-60(82)54(39(3)4)69-50(73)36-46-55(77)56(78)47(85-46)37-65-49(72)22-15-12-17-34-71-52(75)28-29-53(71)76/h11,13-14,19-20,24-29,39-40,44-48,54-56,77-78H,7-10,12,15-18,21-23,30-38H2,1-6H3,(H,63,80)(H,65,72)(H,66,81)(H,67,82)(H,68,79)(H,69,73)(H3,62,64,83)/t40?,44?,45-,46-,47+,48?,54?,55?,56?/m0/s1. The monoisotopic (exact) mass is 1190 g/mol. The fraction of sp³-hybridized carbons (Fsp3) is 0.607. The molecule has 24 heteroatoms. The minimum Gasteiger partial charge on any atom is -0.388 e. The normalized spacial score (nSPS) is 18.2. The second kappa shape index (κ2) is 37.2. The summed E-state index contributed by atoms with van der Waals surface area (Å²) in [5.74, 6) is -4.99. The molecule has 11 amide bonds. The number of aliphatic hydroxyl groups is 2. The topological polar surface area (TPSA) is 346 Å². The van der Waals surface area contributed by atoms with Crippen molar-refractivity contribution in [2.75, 3.05) is 51.7 Å². The Morgan fingerprint density at radius 3 is 1.99 bits per heavy atom. The lowest BCUT2D eigenvalue weighted by Crippen LogP contribution is -2.55. The van der Waals surface area contributed by atoms with Crippen molar-refractivity contribution >= 4 is 64.9 Å². The van der Waals surface area contributed by atoms with E-state index < -0.39 is 90.7 Å². The van der Waals surface area contributed by atoms with Crippen molar-refractivity contribution in [3.8, 4) is 0 Å². The van der Waals surface area contributed by atoms with E-state index in [2.05, 4.69) is 44.1 Å². The fourth-order valence-electron chi connectivity index (χ4n) is 9.92. The second-order valence-corrected chi connectivity index (χ2v) is 22.1. The molecule has 11 N–H and O–H groups in total. The molecule has 2 heterocycles. The summed E-state index contributed by atoms with van der Waals surface area (Å²) in [5, 5.41) is 40.7. The molecule has 1 saturated heterocycles. The van der Waals surface area contributed by atoms with Gasteiger partial charge < -0.3 is 67.5 Å². The number of aliphatic hydroxyl groups excluding tert-OH is 2. The van der Waals surface area contributed by atoms with E-state index in [1.165, 1.54) is 19.3 Å². The van der Waals surface area contributed by atoms with E-state index in [9.17, 15) is 58.2 Å². The van der Waals surface area contributed by atoms with E-state index in [1.54, 1.807) is 49.9 Å². The number of hydrogen-bond acceptors (Lipinski definition) is 14. The van der Waals surface area contributed by atoms with E-state index in [-0.39, 0.29) is 93.9 Å². The Morgan fingerprint density at radius 1 is 0.682 bits per heavy atom. The van der Waals surface area contributed by atoms with Crippen LogP contribution in [0, 0.1) is 11.8 Å². The molecular formula is C61H92N10O14. The number of carbonyl (C=O) groups excluding carboxylic acids is 10. The summed E-state index contributed by atoms with van der Waals surface area (Å²) in [5.41, 5.74) is 7.29. The Morgan fingerprint density at radius 2 is 1.34 bits per heavy atom. The average molecular weight is 1190 g/mol. The van der Waals surface area contributed by atoms with Gasteiger partial charge in [0.25, 0.3) is 11.8 Å². The minimum absolute atomic E-state index is 0.0288. The highest BCUT2D eigenvalue weighted by Crippen LogP contribution is 2.24. The molecule has 2 aliphatic rings. The lowest BCUT2D eigenvalue weighted by molar-refractivity contribution is -0.138. The van der Waals surface area contributed by atoms with Crippen LogP contribution in [0.1, 0.15) is 129 Å². The smallest absolute Gasteiger partial charge is 0.312 e. The summed E-state index contributed by atoms with van der Waals surface area (Å²) in [7, 11) is 1.51. The van der Waals surface area contributed by atoms with Crippen LogP contribution in [0.4, 0.5) is 10.5 Å². The summed E-state index contributed by atoms with van der Waals surface area (Å²) >= 11 is 0. The molecule has 2 aromatic carbocycles. The van der Waals surface area contributed by atoms with Crippen LogP contribution in [-0.4, -0.2) is 174 Å². The van der Waals surface area contributed by atoms with Crippen LogP contribution in [-0.2, 0) is 65.5 Å². The Hall–Kier alpha value is -7.28. The molecule has 6 unspecified atom stereocenters. The predicted molar refractivity (Wildman–Crippen MR) is 318 cm³/mol. The zero-order valence-electron chi connectivity index (χ0n) is 50.2. The van der Waals surface area contributed by atoms with Crippen molar-refractivity contribution < 1.29 is 67.6 Å². The van der Waals surface area contributed by atoms with Gasteiger partial charge in [0.15, 0.2) is 0 Å². The maximum atomic E-state index is 13.9. The zero-order chi connectivity index (χ0) is 62.4. The van der Waals surface area contributed by atoms with E-state index in [4.69, 9.17) is 15.2 Å². The average Bonchev–Trinajstić information content (AvgIpc) is 3.56. The third-order valence-corrected chi connectivity index (χ3v) is 15.0. The maximum absolute atomic E-state index is 13.9. The number of methoxy groups -OCH3 is 1. The maximum Gasteiger partial charge on any atom is 0.312 e. The van der Waals surface area contributed by atoms with Crippen LogP contribution in [0.25, 0.3) is 0 Å². The third-order valence-electron chi connectivity index (χ3n) is 15.0. The number of nitrogens with two attached hydrogens (primary N) is 1. The highest BCUT2D eigenvalue weighted by atomic mass is 16.5. The van der Waals surface area contributed by atoms with Gasteiger partial charge in [-0.05, 0) is 74.1 Å². The SMILES string of the molecule is CCCCCCC(=O)N(CCC)CC(OC)C(C)C(=O)N[C@@H](Cc1ccccc1)C(=O)NCCc1ccc(NC(=O)C(CCCNC(N)=O)NC(=O)C(NC(=O)C[C@@H]2O[C@H](CNC(=O)CCCCCN3C(=O)C=CC3=O)C(O)C2O)C(C)C)cc1. The van der Waals surface area contributed by atoms with Gasteiger partial charge >= 0.3 is 6.03 Å². The quantitative estimate of drug-likeness (QED) is 0.0340. The number of primary amides is 1. The lowest BCUT2D eigenvalue weighted by Gasteiger charge is -2.30. The third kappa shape index (κ3) is 24.3. The van der Waals surface area contributed by atoms with Gasteiger partial charge in [0.1, 0.15) is 36.4 Å². The molecule has 0 aliphatic carbocycles. The first-order valence-corrected chi connectivity index (χ1v) is 29.9. The molecule has 0 bridgehead atoms. The van der Waals surface area contributed by atoms with Crippen LogP contribution in [0.3, 0.4) is 0 Å². The van der Waals surface area contributed by atoms with Crippen molar-refractivity contribution in [3.63, 3.8) is 0 Å². The van der Waals surface area contributed by atoms with Crippen LogP contribution >= 0.6 is 0 Å². The molecule has 4 rings (SSSR count). The summed E-state index contributed by atoms with van der Waals surface area (Å²) < 4.78 is 11.6. The Kier molecular flexibility index (Phi) is 30.7. The number of urea groups is 1. The second-order valence-electron chi connectivity index (χ2n) is 22.1. The molecule has 470 valence electrons. The van der Waals surface area contributed by atoms with Gasteiger partial charge in [-0.1, -0.05) is 103 Å². The summed E-state index contributed by atoms with van der Waals surface area (Å²) in [6, 6.07) is 12.2. The highest BCUT2D eigenvalue weighted by molar-refractivity contribution is 6.12. The van der Waals surface area contributed by atoms with E-state index >= 15 is 0 Å². The van der Waals surface area contributed by atoms with E-state index in [0.29, 0.717) is 44.3 Å². The molecule has 0 saturated carbocycles. The number of nitrogens with zero attached hydrogens (tertiary/aromatic N) is 2. The molecule has 0 aromatic heterocycles. The first kappa shape index (κ1) is 70.2. The largest absolute Gasteiger partial charge is 0.388 e. The van der Waals surface area contributed by atoms with Gasteiger partial charge in [-0.25, -0.2) is 4.79 Å². The number of amides is 11. The van der Waals surface area contributed by atoms with Gasteiger partial charge in [-0.15, -0.1) is 0 Å². The minimum atomic E-state index is -1.49. The molecular weight excluding hydrogens is 1100 g/mol. The van der Waals surface area contributed by atoms with Crippen molar-refractivity contribution in [1.29, 1.82) is 0 Å². The molecule has 2 aromatic rings. The zero-order valence-corrected chi connectivity index (χ0v) is 50.2. The predicted octanol–water partition coefficient (Wildman–Crippen LogP) is 2.43. The van der Waals surface area contributed by atoms with Gasteiger partial charge in [0.05, 0.1) is 24.5 Å². The van der Waals surface area contributed by atoms with Crippen molar-refractivity contribution in [2.45, 2.75) is 180 Å². The summed E-state index contributed by atoms with van der Waals surface area (Å²) in [6.07, 6.45) is 3.92. The van der Waals surface area contributed by atoms with Crippen LogP contribution in [0.15, 0.2) is 66.7 Å². The van der Waals surface area contributed by atoms with Crippen molar-refractivity contribution in [3.05, 3.63) is 77.9 Å². The molecule has 24 nitrogen and oxygen atoms in total. The first-order valence-electron chi connectivity index (χ1n) is 29.9. The highest BCUT2D eigenvalue weighted by Gasteiger charge is 2.44. The van der Waals surface area contributed by atoms with Gasteiger partial charge in [-0.3, -0.25) is 48.1 Å². The van der Waals surface area contributed by atoms with Crippen molar-refractivity contribution in [2.24, 2.45) is 17.6 Å². The first-order chi connectivity index (χ1) is 40.6. The lowest BCUT2D eigenvalue weighted by atomic mass is 10.00. The van der Waals surface area contributed by atoms with Crippen LogP contribution < -0.4 is 43.0 Å². The Labute approximate surface area is 499 Å². The van der Waals surface area contributed by atoms with Gasteiger partial charge in [0.2, 0.25) is 41.4 Å². The summed E-state index contributed by atoms with van der Waals surface area (Å²) in [6.45, 7) is 10.4. The number of rotatable bonds is 39.